The van der Waals surface area contributed by atoms with E-state index in [4.69, 9.17) is 4.55 Å². The summed E-state index contributed by atoms with van der Waals surface area (Å²) in [6.07, 6.45) is 0. The van der Waals surface area contributed by atoms with E-state index in [2.05, 4.69) is 0 Å². The third kappa shape index (κ3) is 11.6. The molecule has 0 aliphatic heterocycles. The molecule has 0 spiro atoms. The second-order valence-electron chi connectivity index (χ2n) is 0.611. The van der Waals surface area contributed by atoms with Gasteiger partial charge in [-0.25, -0.2) is 0 Å². The number of hydrogen-bond donors (Lipinski definition) is 1. The molecule has 4 nitrogen and oxygen atoms in total. The molecule has 7 heteroatoms. The smallest absolute Gasteiger partial charge is 0 e. The first-order valence-electron chi connectivity index (χ1n) is 0.987. The topological polar surface area (TPSA) is 71.4 Å². The molecule has 0 heterocycles. The van der Waals surface area contributed by atoms with Crippen molar-refractivity contribution in [3.05, 3.63) is 0 Å². The molecule has 0 fully saturated rings. The number of hydrogen-bond acceptors (Lipinski definition) is 3. The fourth-order valence-corrected chi connectivity index (χ4v) is 0. The van der Waals surface area contributed by atoms with Crippen molar-refractivity contribution in [2.45, 2.75) is 0 Å². The molecule has 0 aromatic carbocycles. The van der Waals surface area contributed by atoms with Crippen molar-refractivity contribution in [1.29, 1.82) is 0 Å². The third-order valence-corrected chi connectivity index (χ3v) is 2.16. The van der Waals surface area contributed by atoms with Crippen LogP contribution in [0.4, 0.5) is 0 Å². The van der Waals surface area contributed by atoms with E-state index in [1.807, 2.05) is 0 Å². The fraction of sp³-hybridized carbons (Fsp3) is 0. The Morgan fingerprint density at radius 3 is 1.57 bits per heavy atom. The second kappa shape index (κ2) is 4.93. The van der Waals surface area contributed by atoms with Crippen LogP contribution in [0.15, 0.2) is 0 Å². The fourth-order valence-electron chi connectivity index (χ4n) is 0. The molecule has 0 bridgehead atoms. The third-order valence-electron chi connectivity index (χ3n) is 0.122. The molecule has 0 rings (SSSR count). The average Bonchev–Trinajstić information content (AvgIpc) is 1.35. The van der Waals surface area contributed by atoms with E-state index in [0.29, 0.717) is 0 Å². The SMILES string of the molecule is [O]=[Y][S](=O)(=O)O.[Tb]. The minimum atomic E-state index is -4.03. The van der Waals surface area contributed by atoms with Crippen LogP contribution in [0.1, 0.15) is 0 Å². The van der Waals surface area contributed by atoms with Gasteiger partial charge in [-0.2, -0.15) is 0 Å². The Bertz CT molecular complexity index is 122. The Hall–Kier alpha value is 2.10. The molecule has 0 atom stereocenters. The van der Waals surface area contributed by atoms with Crippen molar-refractivity contribution < 1.29 is 81.2 Å². The summed E-state index contributed by atoms with van der Waals surface area (Å²) >= 11 is -2.84. The van der Waals surface area contributed by atoms with Crippen LogP contribution in [0.2, 0.25) is 0 Å². The van der Waals surface area contributed by atoms with Crippen LogP contribution >= 0.6 is 0 Å². The normalized spacial score (nSPS) is 8.71. The van der Waals surface area contributed by atoms with E-state index in [1.54, 1.807) is 0 Å². The van der Waals surface area contributed by atoms with Crippen LogP contribution in [0.3, 0.4) is 0 Å². The number of rotatable bonds is 1. The Balaban J connectivity index is 0. The molecular weight excluding hydrogens is 344 g/mol. The summed E-state index contributed by atoms with van der Waals surface area (Å²) in [5.41, 5.74) is -4.03. The molecule has 7 heavy (non-hydrogen) atoms. The van der Waals surface area contributed by atoms with E-state index in [1.165, 1.54) is 0 Å². The predicted octanol–water partition coefficient (Wildman–Crippen LogP) is -0.783. The molecule has 43 valence electrons. The van der Waals surface area contributed by atoms with E-state index in [0.717, 1.165) is 0 Å². The molecule has 1 N–H and O–H groups in total. The predicted molar refractivity (Wildman–Crippen MR) is 12.2 cm³/mol. The minimum Gasteiger partial charge on any atom is 0 e. The zero-order valence-electron chi connectivity index (χ0n) is 2.99. The summed E-state index contributed by atoms with van der Waals surface area (Å²) in [5, 5.41) is 0. The maximum absolute atomic E-state index is 9.33. The summed E-state index contributed by atoms with van der Waals surface area (Å²) in [5.74, 6) is 0. The Labute approximate surface area is 84.9 Å². The van der Waals surface area contributed by atoms with Crippen molar-refractivity contribution in [2.75, 3.05) is 0 Å². The van der Waals surface area contributed by atoms with E-state index >= 15 is 0 Å². The van der Waals surface area contributed by atoms with Crippen LogP contribution in [0, 0.1) is 38.6 Å². The van der Waals surface area contributed by atoms with Gasteiger partial charge >= 0.3 is 48.2 Å². The van der Waals surface area contributed by atoms with Gasteiger partial charge in [0.2, 0.25) is 0 Å². The van der Waals surface area contributed by atoms with Gasteiger partial charge in [-0.3, -0.25) is 0 Å². The van der Waals surface area contributed by atoms with Crippen molar-refractivity contribution in [2.24, 2.45) is 0 Å². The van der Waals surface area contributed by atoms with Gasteiger partial charge < -0.3 is 0 Å². The molecule has 0 aliphatic rings. The van der Waals surface area contributed by atoms with Crippen LogP contribution in [0.5, 0.6) is 0 Å². The molecule has 0 saturated heterocycles. The maximum atomic E-state index is 9.33. The Morgan fingerprint density at radius 1 is 1.43 bits per heavy atom. The second-order valence-corrected chi connectivity index (χ2v) is 7.65. The van der Waals surface area contributed by atoms with Crippen molar-refractivity contribution in [1.82, 2.24) is 0 Å². The molecule has 0 unspecified atom stereocenters. The van der Waals surface area contributed by atoms with Crippen LogP contribution in [-0.2, 0) is 35.3 Å². The van der Waals surface area contributed by atoms with Gasteiger partial charge in [0.05, 0.1) is 0 Å². The summed E-state index contributed by atoms with van der Waals surface area (Å²) < 4.78 is 35.5. The average molecular weight is 345 g/mol. The first-order chi connectivity index (χ1) is 2.56. The molecule has 1 radical (unpaired) electrons. The van der Waals surface area contributed by atoms with Crippen molar-refractivity contribution >= 4 is 5.63 Å². The monoisotopic (exact) mass is 345 g/mol. The van der Waals surface area contributed by atoms with Gasteiger partial charge in [-0.1, -0.05) is 0 Å². The van der Waals surface area contributed by atoms with Gasteiger partial charge in [-0.05, 0) is 0 Å². The summed E-state index contributed by atoms with van der Waals surface area (Å²) in [6.45, 7) is 0. The summed E-state index contributed by atoms with van der Waals surface area (Å²) in [6, 6.07) is 0. The van der Waals surface area contributed by atoms with Crippen LogP contribution in [0.25, 0.3) is 0 Å². The first kappa shape index (κ1) is 11.8. The standard InChI is InChI=1S/HO3S.O.Tb.Y/c1-4(2)3;;;/h(H,1,2,3);;;. The van der Waals surface area contributed by atoms with Gasteiger partial charge in [0, 0.05) is 38.6 Å². The van der Waals surface area contributed by atoms with Gasteiger partial charge in [0.25, 0.3) is 0 Å². The summed E-state index contributed by atoms with van der Waals surface area (Å²) in [7, 11) is 0. The first-order valence-corrected chi connectivity index (χ1v) is 7.13. The molecule has 0 saturated carbocycles. The Kier molecular flexibility index (Phi) is 8.34. The van der Waals surface area contributed by atoms with Crippen molar-refractivity contribution in [3.63, 3.8) is 0 Å². The van der Waals surface area contributed by atoms with E-state index in [9.17, 15) is 10.5 Å². The Morgan fingerprint density at radius 2 is 1.57 bits per heavy atom. The molecule has 0 aromatic rings. The van der Waals surface area contributed by atoms with Crippen molar-refractivity contribution in [3.8, 4) is 0 Å². The van der Waals surface area contributed by atoms with Crippen LogP contribution in [-0.4, -0.2) is 13.0 Å². The van der Waals surface area contributed by atoms with E-state index in [-0.39, 0.29) is 38.6 Å². The minimum absolute atomic E-state index is 0. The maximum Gasteiger partial charge on any atom is 0 e. The van der Waals surface area contributed by atoms with Gasteiger partial charge in [0.1, 0.15) is 0 Å². The zero-order chi connectivity index (χ0) is 5.21. The van der Waals surface area contributed by atoms with Crippen LogP contribution < -0.4 is 0 Å². The largest absolute Gasteiger partial charge is 0 e. The van der Waals surface area contributed by atoms with Gasteiger partial charge in [0.15, 0.2) is 0 Å². The molecule has 0 amide bonds. The quantitative estimate of drug-likeness (QED) is 0.633. The molecule has 0 aliphatic carbocycles. The van der Waals surface area contributed by atoms with Gasteiger partial charge in [-0.15, -0.1) is 0 Å². The molecular formula is HO4STbY. The van der Waals surface area contributed by atoms with E-state index < -0.39 is 33.2 Å². The molecule has 0 aromatic heterocycles. The zero-order valence-corrected chi connectivity index (χ0v) is 8.78. The summed E-state index contributed by atoms with van der Waals surface area (Å²) in [4.78, 5) is 0.